The fourth-order valence-electron chi connectivity index (χ4n) is 3.58. The Kier molecular flexibility index (Phi) is 4.62. The maximum Gasteiger partial charge on any atom is 0.165 e. The number of rotatable bonds is 5. The van der Waals surface area contributed by atoms with Crippen molar-refractivity contribution >= 4 is 17.0 Å². The third-order valence-corrected chi connectivity index (χ3v) is 5.01. The summed E-state index contributed by atoms with van der Waals surface area (Å²) >= 11 is 0. The molecule has 7 heteroatoms. The number of hydrogen-bond donors (Lipinski definition) is 0. The number of ether oxygens (including phenoxy) is 2. The lowest BCUT2D eigenvalue weighted by atomic mass is 10.1. The van der Waals surface area contributed by atoms with Crippen molar-refractivity contribution in [1.29, 1.82) is 0 Å². The summed E-state index contributed by atoms with van der Waals surface area (Å²) in [6.07, 6.45) is 8.47. The summed E-state index contributed by atoms with van der Waals surface area (Å²) in [6, 6.07) is 0. The molecule has 0 N–H and O–H groups in total. The van der Waals surface area contributed by atoms with Gasteiger partial charge in [0.1, 0.15) is 6.33 Å². The number of imidazole rings is 1. The van der Waals surface area contributed by atoms with Crippen molar-refractivity contribution in [3.63, 3.8) is 0 Å². The largest absolute Gasteiger partial charge is 0.376 e. The van der Waals surface area contributed by atoms with Crippen LogP contribution in [0, 0.1) is 0 Å². The van der Waals surface area contributed by atoms with E-state index in [1.54, 1.807) is 6.33 Å². The Morgan fingerprint density at radius 1 is 1.21 bits per heavy atom. The molecule has 4 rings (SSSR count). The summed E-state index contributed by atoms with van der Waals surface area (Å²) < 4.78 is 13.7. The number of hydrogen-bond acceptors (Lipinski definition) is 6. The summed E-state index contributed by atoms with van der Waals surface area (Å²) in [5.41, 5.74) is 1.82. The van der Waals surface area contributed by atoms with E-state index in [4.69, 9.17) is 9.47 Å². The van der Waals surface area contributed by atoms with Gasteiger partial charge in [0.15, 0.2) is 17.0 Å². The van der Waals surface area contributed by atoms with Gasteiger partial charge in [-0.3, -0.25) is 0 Å². The van der Waals surface area contributed by atoms with Crippen LogP contribution in [0.5, 0.6) is 0 Å². The molecule has 2 aliphatic rings. The molecule has 0 aromatic carbocycles. The topological polar surface area (TPSA) is 65.3 Å². The van der Waals surface area contributed by atoms with Crippen molar-refractivity contribution in [2.75, 3.05) is 31.2 Å². The van der Waals surface area contributed by atoms with Gasteiger partial charge in [-0.25, -0.2) is 15.0 Å². The molecule has 24 heavy (non-hydrogen) atoms. The molecular weight excluding hydrogens is 306 g/mol. The van der Waals surface area contributed by atoms with Crippen molar-refractivity contribution < 1.29 is 9.47 Å². The summed E-state index contributed by atoms with van der Waals surface area (Å²) in [6.45, 7) is 6.48. The minimum Gasteiger partial charge on any atom is -0.376 e. The first-order chi connectivity index (χ1) is 11.8. The molecule has 2 saturated heterocycles. The lowest BCUT2D eigenvalue weighted by Crippen LogP contribution is -2.38. The lowest BCUT2D eigenvalue weighted by molar-refractivity contribution is -0.0280. The molecule has 130 valence electrons. The smallest absolute Gasteiger partial charge is 0.165 e. The van der Waals surface area contributed by atoms with Gasteiger partial charge in [-0.1, -0.05) is 0 Å². The zero-order chi connectivity index (χ0) is 16.4. The predicted octanol–water partition coefficient (Wildman–Crippen LogP) is 2.01. The Morgan fingerprint density at radius 3 is 2.83 bits per heavy atom. The van der Waals surface area contributed by atoms with Gasteiger partial charge in [-0.05, 0) is 32.6 Å². The normalized spacial score (nSPS) is 22.5. The van der Waals surface area contributed by atoms with Crippen LogP contribution in [-0.4, -0.2) is 58.0 Å². The highest BCUT2D eigenvalue weighted by molar-refractivity contribution is 5.83. The van der Waals surface area contributed by atoms with Crippen molar-refractivity contribution in [2.24, 2.45) is 0 Å². The summed E-state index contributed by atoms with van der Waals surface area (Å²) in [5, 5.41) is 0. The van der Waals surface area contributed by atoms with Crippen molar-refractivity contribution in [2.45, 2.75) is 51.4 Å². The molecule has 0 aliphatic carbocycles. The first-order valence-corrected chi connectivity index (χ1v) is 8.99. The fourth-order valence-corrected chi connectivity index (χ4v) is 3.58. The van der Waals surface area contributed by atoms with Gasteiger partial charge < -0.3 is 18.9 Å². The highest BCUT2D eigenvalue weighted by atomic mass is 16.5. The zero-order valence-electron chi connectivity index (χ0n) is 14.2. The lowest BCUT2D eigenvalue weighted by Gasteiger charge is -2.33. The highest BCUT2D eigenvalue weighted by Gasteiger charge is 2.25. The van der Waals surface area contributed by atoms with Gasteiger partial charge in [-0.15, -0.1) is 0 Å². The average Bonchev–Trinajstić information content (AvgIpc) is 3.29. The highest BCUT2D eigenvalue weighted by Crippen LogP contribution is 2.25. The van der Waals surface area contributed by atoms with E-state index in [1.807, 2.05) is 6.33 Å². The van der Waals surface area contributed by atoms with E-state index in [0.29, 0.717) is 12.2 Å². The molecule has 7 nitrogen and oxygen atoms in total. The van der Waals surface area contributed by atoms with Crippen molar-refractivity contribution in [1.82, 2.24) is 19.5 Å². The van der Waals surface area contributed by atoms with Crippen LogP contribution in [-0.2, 0) is 16.0 Å². The van der Waals surface area contributed by atoms with Crippen LogP contribution in [0.1, 0.15) is 32.6 Å². The van der Waals surface area contributed by atoms with Crippen molar-refractivity contribution in [3.8, 4) is 0 Å². The summed E-state index contributed by atoms with van der Waals surface area (Å²) in [7, 11) is 0. The SMILES string of the molecule is CCn1cnc2c(N3CCC(OC[C@@H]4CCCO4)CC3)ncnc21. The average molecular weight is 331 g/mol. The second-order valence-corrected chi connectivity index (χ2v) is 6.55. The molecule has 4 heterocycles. The maximum atomic E-state index is 6.06. The van der Waals surface area contributed by atoms with E-state index in [-0.39, 0.29) is 0 Å². The third kappa shape index (κ3) is 3.10. The number of anilines is 1. The van der Waals surface area contributed by atoms with E-state index in [9.17, 15) is 0 Å². The molecule has 2 aliphatic heterocycles. The molecule has 0 bridgehead atoms. The minimum atomic E-state index is 0.308. The van der Waals surface area contributed by atoms with Gasteiger partial charge in [0.2, 0.25) is 0 Å². The first-order valence-electron chi connectivity index (χ1n) is 8.99. The van der Waals surface area contributed by atoms with Crippen LogP contribution in [0.2, 0.25) is 0 Å². The standard InChI is InChI=1S/C17H25N5O2/c1-2-21-12-20-15-16(21)18-11-19-17(15)22-7-5-13(6-8-22)24-10-14-4-3-9-23-14/h11-14H,2-10H2,1H3/t14-/m0/s1. The Balaban J connectivity index is 1.38. The Morgan fingerprint density at radius 2 is 2.08 bits per heavy atom. The van der Waals surface area contributed by atoms with Crippen LogP contribution < -0.4 is 4.90 Å². The second-order valence-electron chi connectivity index (χ2n) is 6.55. The predicted molar refractivity (Wildman–Crippen MR) is 91.2 cm³/mol. The Labute approximate surface area is 142 Å². The summed E-state index contributed by atoms with van der Waals surface area (Å²) in [4.78, 5) is 15.7. The second kappa shape index (κ2) is 7.03. The fraction of sp³-hybridized carbons (Fsp3) is 0.706. The third-order valence-electron chi connectivity index (χ3n) is 5.01. The molecule has 0 amide bonds. The van der Waals surface area contributed by atoms with Crippen LogP contribution in [0.3, 0.4) is 0 Å². The number of fused-ring (bicyclic) bond motifs is 1. The summed E-state index contributed by atoms with van der Waals surface area (Å²) in [5.74, 6) is 0.949. The van der Waals surface area contributed by atoms with E-state index in [1.165, 1.54) is 6.42 Å². The number of nitrogens with zero attached hydrogens (tertiary/aromatic N) is 5. The first kappa shape index (κ1) is 15.8. The van der Waals surface area contributed by atoms with Gasteiger partial charge >= 0.3 is 0 Å². The molecule has 2 fully saturated rings. The van der Waals surface area contributed by atoms with Gasteiger partial charge in [0, 0.05) is 26.2 Å². The molecule has 0 spiro atoms. The molecule has 2 aromatic heterocycles. The van der Waals surface area contributed by atoms with E-state index < -0.39 is 0 Å². The van der Waals surface area contributed by atoms with Gasteiger partial charge in [0.05, 0.1) is 25.1 Å². The van der Waals surface area contributed by atoms with Gasteiger partial charge in [0.25, 0.3) is 0 Å². The number of piperidine rings is 1. The van der Waals surface area contributed by atoms with Crippen molar-refractivity contribution in [3.05, 3.63) is 12.7 Å². The van der Waals surface area contributed by atoms with E-state index >= 15 is 0 Å². The Bertz CT molecular complexity index is 675. The molecule has 2 aromatic rings. The van der Waals surface area contributed by atoms with E-state index in [2.05, 4.69) is 31.3 Å². The molecular formula is C17H25N5O2. The quantitative estimate of drug-likeness (QED) is 0.835. The maximum absolute atomic E-state index is 6.06. The van der Waals surface area contributed by atoms with E-state index in [0.717, 1.165) is 69.1 Å². The van der Waals surface area contributed by atoms with Crippen LogP contribution in [0.4, 0.5) is 5.82 Å². The molecule has 1 atom stereocenters. The molecule has 0 saturated carbocycles. The molecule has 0 unspecified atom stereocenters. The molecule has 0 radical (unpaired) electrons. The van der Waals surface area contributed by atoms with Crippen LogP contribution in [0.25, 0.3) is 11.2 Å². The number of aromatic nitrogens is 4. The zero-order valence-corrected chi connectivity index (χ0v) is 14.2. The monoisotopic (exact) mass is 331 g/mol. The number of aryl methyl sites for hydroxylation is 1. The Hall–Kier alpha value is -1.73. The minimum absolute atomic E-state index is 0.308. The van der Waals surface area contributed by atoms with Crippen LogP contribution in [0.15, 0.2) is 12.7 Å². The van der Waals surface area contributed by atoms with Gasteiger partial charge in [-0.2, -0.15) is 0 Å². The van der Waals surface area contributed by atoms with Crippen LogP contribution >= 0.6 is 0 Å².